The number of hydrogen-bond donors (Lipinski definition) is 1. The highest BCUT2D eigenvalue weighted by Crippen LogP contribution is 2.23. The van der Waals surface area contributed by atoms with Gasteiger partial charge in [0.15, 0.2) is 0 Å². The van der Waals surface area contributed by atoms with Gasteiger partial charge in [0.05, 0.1) is 6.54 Å². The molecule has 1 N–H and O–H groups in total. The molecule has 2 nitrogen and oxygen atoms in total. The van der Waals surface area contributed by atoms with Gasteiger partial charge in [0.1, 0.15) is 11.5 Å². The molecule has 104 valence electrons. The minimum atomic E-state index is 0. The zero-order valence-corrected chi connectivity index (χ0v) is 13.4. The Morgan fingerprint density at radius 2 is 1.84 bits per heavy atom. The molecular formula is C15H19BrClNO. The Balaban J connectivity index is 0.00000180. The first-order valence-corrected chi connectivity index (χ1v) is 7.14. The third kappa shape index (κ3) is 5.01. The molecule has 0 radical (unpaired) electrons. The van der Waals surface area contributed by atoms with Crippen LogP contribution < -0.4 is 5.32 Å². The second-order valence-corrected chi connectivity index (χ2v) is 5.22. The molecule has 0 unspecified atom stereocenters. The molecule has 0 amide bonds. The molecule has 0 aliphatic carbocycles. The summed E-state index contributed by atoms with van der Waals surface area (Å²) in [6.07, 6.45) is 2.43. The van der Waals surface area contributed by atoms with E-state index in [0.717, 1.165) is 34.6 Å². The van der Waals surface area contributed by atoms with Crippen LogP contribution in [-0.2, 0) is 6.54 Å². The molecule has 0 saturated carbocycles. The first kappa shape index (κ1) is 16.3. The van der Waals surface area contributed by atoms with E-state index < -0.39 is 0 Å². The van der Waals surface area contributed by atoms with E-state index >= 15 is 0 Å². The molecule has 0 atom stereocenters. The van der Waals surface area contributed by atoms with E-state index in [1.165, 1.54) is 12.8 Å². The number of halogens is 2. The Bertz CT molecular complexity index is 481. The Morgan fingerprint density at radius 3 is 2.53 bits per heavy atom. The van der Waals surface area contributed by atoms with Crippen LogP contribution in [0.2, 0.25) is 0 Å². The van der Waals surface area contributed by atoms with Crippen LogP contribution >= 0.6 is 28.3 Å². The molecule has 0 spiro atoms. The quantitative estimate of drug-likeness (QED) is 0.744. The molecule has 2 rings (SSSR count). The molecule has 0 fully saturated rings. The minimum absolute atomic E-state index is 0. The largest absolute Gasteiger partial charge is 0.460 e. The summed E-state index contributed by atoms with van der Waals surface area (Å²) in [5, 5.41) is 3.38. The molecule has 1 heterocycles. The standard InChI is InChI=1S/C15H18BrNO.ClH/c1-2-3-10-17-11-14-8-9-15(18-14)12-4-6-13(16)7-5-12;/h4-9,17H,2-3,10-11H2,1H3;1H. The Labute approximate surface area is 129 Å². The van der Waals surface area contributed by atoms with Crippen LogP contribution in [0, 0.1) is 0 Å². The van der Waals surface area contributed by atoms with Crippen molar-refractivity contribution in [3.63, 3.8) is 0 Å². The molecule has 0 aliphatic rings. The van der Waals surface area contributed by atoms with Crippen LogP contribution in [0.15, 0.2) is 45.3 Å². The first-order valence-electron chi connectivity index (χ1n) is 6.35. The third-order valence-corrected chi connectivity index (χ3v) is 3.33. The molecule has 0 saturated heterocycles. The lowest BCUT2D eigenvalue weighted by Gasteiger charge is -2.01. The topological polar surface area (TPSA) is 25.2 Å². The number of nitrogens with one attached hydrogen (secondary N) is 1. The predicted molar refractivity (Wildman–Crippen MR) is 85.7 cm³/mol. The van der Waals surface area contributed by atoms with Crippen LogP contribution in [0.25, 0.3) is 11.3 Å². The van der Waals surface area contributed by atoms with Gasteiger partial charge in [0, 0.05) is 10.0 Å². The van der Waals surface area contributed by atoms with Gasteiger partial charge in [-0.25, -0.2) is 0 Å². The molecule has 1 aromatic heterocycles. The molecule has 0 aliphatic heterocycles. The Kier molecular flexibility index (Phi) is 7.21. The van der Waals surface area contributed by atoms with Gasteiger partial charge in [-0.15, -0.1) is 12.4 Å². The average molecular weight is 345 g/mol. The van der Waals surface area contributed by atoms with E-state index in [1.807, 2.05) is 24.3 Å². The van der Waals surface area contributed by atoms with Crippen LogP contribution in [0.3, 0.4) is 0 Å². The van der Waals surface area contributed by atoms with Crippen molar-refractivity contribution in [3.05, 3.63) is 46.6 Å². The van der Waals surface area contributed by atoms with Crippen molar-refractivity contribution in [2.75, 3.05) is 6.54 Å². The number of furan rings is 1. The lowest BCUT2D eigenvalue weighted by Crippen LogP contribution is -2.13. The average Bonchev–Trinajstić information content (AvgIpc) is 2.84. The SMILES string of the molecule is CCCCNCc1ccc(-c2ccc(Br)cc2)o1.Cl. The lowest BCUT2D eigenvalue weighted by molar-refractivity contribution is 0.490. The van der Waals surface area contributed by atoms with Crippen molar-refractivity contribution in [2.24, 2.45) is 0 Å². The molecular weight excluding hydrogens is 326 g/mol. The van der Waals surface area contributed by atoms with Gasteiger partial charge in [-0.3, -0.25) is 0 Å². The van der Waals surface area contributed by atoms with E-state index in [4.69, 9.17) is 4.42 Å². The summed E-state index contributed by atoms with van der Waals surface area (Å²) >= 11 is 3.43. The zero-order chi connectivity index (χ0) is 12.8. The van der Waals surface area contributed by atoms with Crippen molar-refractivity contribution < 1.29 is 4.42 Å². The minimum Gasteiger partial charge on any atom is -0.460 e. The number of benzene rings is 1. The Hall–Kier alpha value is -0.770. The van der Waals surface area contributed by atoms with E-state index in [0.29, 0.717) is 0 Å². The predicted octanol–water partition coefficient (Wildman–Crippen LogP) is 5.02. The van der Waals surface area contributed by atoms with Gasteiger partial charge < -0.3 is 9.73 Å². The van der Waals surface area contributed by atoms with Crippen LogP contribution in [-0.4, -0.2) is 6.54 Å². The maximum absolute atomic E-state index is 5.81. The van der Waals surface area contributed by atoms with Gasteiger partial charge in [-0.05, 0) is 37.2 Å². The van der Waals surface area contributed by atoms with Gasteiger partial charge in [0.2, 0.25) is 0 Å². The monoisotopic (exact) mass is 343 g/mol. The zero-order valence-electron chi connectivity index (χ0n) is 11.0. The number of unbranched alkanes of at least 4 members (excludes halogenated alkanes) is 1. The summed E-state index contributed by atoms with van der Waals surface area (Å²) < 4.78 is 6.89. The highest BCUT2D eigenvalue weighted by Gasteiger charge is 2.04. The van der Waals surface area contributed by atoms with Gasteiger partial charge in [0.25, 0.3) is 0 Å². The molecule has 19 heavy (non-hydrogen) atoms. The molecule has 0 bridgehead atoms. The molecule has 2 aromatic rings. The highest BCUT2D eigenvalue weighted by atomic mass is 79.9. The highest BCUT2D eigenvalue weighted by molar-refractivity contribution is 9.10. The summed E-state index contributed by atoms with van der Waals surface area (Å²) in [4.78, 5) is 0. The fraction of sp³-hybridized carbons (Fsp3) is 0.333. The van der Waals surface area contributed by atoms with Crippen molar-refractivity contribution in [1.29, 1.82) is 0 Å². The van der Waals surface area contributed by atoms with Crippen LogP contribution in [0.1, 0.15) is 25.5 Å². The van der Waals surface area contributed by atoms with Crippen LogP contribution in [0.4, 0.5) is 0 Å². The molecule has 4 heteroatoms. The van der Waals surface area contributed by atoms with E-state index in [2.05, 4.69) is 40.3 Å². The second-order valence-electron chi connectivity index (χ2n) is 4.30. The summed E-state index contributed by atoms with van der Waals surface area (Å²) in [6, 6.07) is 12.2. The number of hydrogen-bond acceptors (Lipinski definition) is 2. The normalized spacial score (nSPS) is 10.2. The van der Waals surface area contributed by atoms with Gasteiger partial charge >= 0.3 is 0 Å². The smallest absolute Gasteiger partial charge is 0.134 e. The summed E-state index contributed by atoms with van der Waals surface area (Å²) in [7, 11) is 0. The Morgan fingerprint density at radius 1 is 1.11 bits per heavy atom. The van der Waals surface area contributed by atoms with E-state index in [-0.39, 0.29) is 12.4 Å². The van der Waals surface area contributed by atoms with Gasteiger partial charge in [-0.2, -0.15) is 0 Å². The van der Waals surface area contributed by atoms with E-state index in [9.17, 15) is 0 Å². The first-order chi connectivity index (χ1) is 8.79. The second kappa shape index (κ2) is 8.41. The third-order valence-electron chi connectivity index (χ3n) is 2.80. The van der Waals surface area contributed by atoms with Crippen molar-refractivity contribution >= 4 is 28.3 Å². The summed E-state index contributed by atoms with van der Waals surface area (Å²) in [5.41, 5.74) is 1.11. The maximum atomic E-state index is 5.81. The number of rotatable bonds is 6. The lowest BCUT2D eigenvalue weighted by atomic mass is 10.2. The molecule has 1 aromatic carbocycles. The van der Waals surface area contributed by atoms with Crippen molar-refractivity contribution in [1.82, 2.24) is 5.32 Å². The van der Waals surface area contributed by atoms with E-state index in [1.54, 1.807) is 0 Å². The van der Waals surface area contributed by atoms with Gasteiger partial charge in [-0.1, -0.05) is 41.4 Å². The maximum Gasteiger partial charge on any atom is 0.134 e. The van der Waals surface area contributed by atoms with Crippen molar-refractivity contribution in [2.45, 2.75) is 26.3 Å². The van der Waals surface area contributed by atoms with Crippen LogP contribution in [0.5, 0.6) is 0 Å². The summed E-state index contributed by atoms with van der Waals surface area (Å²) in [6.45, 7) is 4.04. The fourth-order valence-electron chi connectivity index (χ4n) is 1.76. The van der Waals surface area contributed by atoms with Crippen molar-refractivity contribution in [3.8, 4) is 11.3 Å². The fourth-order valence-corrected chi connectivity index (χ4v) is 2.02. The summed E-state index contributed by atoms with van der Waals surface area (Å²) in [5.74, 6) is 1.92.